The Balaban J connectivity index is 2.41. The molecule has 0 bridgehead atoms. The first-order chi connectivity index (χ1) is 6.79. The van der Waals surface area contributed by atoms with Gasteiger partial charge in [0.15, 0.2) is 5.82 Å². The molecule has 2 aromatic heterocycles. The third-order valence-corrected chi connectivity index (χ3v) is 3.29. The van der Waals surface area contributed by atoms with Crippen LogP contribution in [0.4, 0.5) is 0 Å². The van der Waals surface area contributed by atoms with Gasteiger partial charge in [-0.2, -0.15) is 0 Å². The molecule has 0 saturated heterocycles. The van der Waals surface area contributed by atoms with Crippen LogP contribution in [0.2, 0.25) is 0 Å². The van der Waals surface area contributed by atoms with E-state index in [1.54, 1.807) is 23.6 Å². The molecule has 2 aromatic rings. The Morgan fingerprint density at radius 2 is 2.21 bits per heavy atom. The summed E-state index contributed by atoms with van der Waals surface area (Å²) in [5.74, 6) is 0.659. The van der Waals surface area contributed by atoms with Gasteiger partial charge in [-0.25, -0.2) is 9.97 Å². The molecule has 0 saturated carbocycles. The smallest absolute Gasteiger partial charge is 0.169 e. The van der Waals surface area contributed by atoms with Crippen LogP contribution in [-0.2, 0) is 6.61 Å². The Labute approximate surface area is 93.6 Å². The van der Waals surface area contributed by atoms with Crippen LogP contribution in [0, 0.1) is 0 Å². The minimum atomic E-state index is -0.0535. The second-order valence-electron chi connectivity index (χ2n) is 2.63. The summed E-state index contributed by atoms with van der Waals surface area (Å²) < 4.78 is 1.05. The van der Waals surface area contributed by atoms with Crippen molar-refractivity contribution in [2.24, 2.45) is 0 Å². The van der Waals surface area contributed by atoms with E-state index in [1.807, 2.05) is 12.1 Å². The fourth-order valence-electron chi connectivity index (χ4n) is 1.04. The van der Waals surface area contributed by atoms with E-state index >= 15 is 0 Å². The lowest BCUT2D eigenvalue weighted by Gasteiger charge is -1.97. The van der Waals surface area contributed by atoms with Crippen LogP contribution >= 0.6 is 27.3 Å². The van der Waals surface area contributed by atoms with Crippen LogP contribution in [0.1, 0.15) is 5.69 Å². The van der Waals surface area contributed by atoms with Crippen molar-refractivity contribution in [3.8, 4) is 10.7 Å². The van der Waals surface area contributed by atoms with Crippen LogP contribution < -0.4 is 0 Å². The fourth-order valence-corrected chi connectivity index (χ4v) is 2.36. The highest BCUT2D eigenvalue weighted by molar-refractivity contribution is 9.11. The van der Waals surface area contributed by atoms with Gasteiger partial charge in [-0.15, -0.1) is 11.3 Å². The first-order valence-electron chi connectivity index (χ1n) is 3.98. The molecule has 0 spiro atoms. The zero-order chi connectivity index (χ0) is 9.97. The van der Waals surface area contributed by atoms with E-state index in [4.69, 9.17) is 5.11 Å². The van der Waals surface area contributed by atoms with Crippen molar-refractivity contribution in [3.05, 3.63) is 33.9 Å². The predicted molar refractivity (Wildman–Crippen MR) is 59.0 cm³/mol. The second-order valence-corrected chi connectivity index (χ2v) is 5.10. The first-order valence-corrected chi connectivity index (χ1v) is 5.59. The predicted octanol–water partition coefficient (Wildman–Crippen LogP) is 2.46. The summed E-state index contributed by atoms with van der Waals surface area (Å²) in [5.41, 5.74) is 0.638. The van der Waals surface area contributed by atoms with Crippen molar-refractivity contribution in [2.75, 3.05) is 0 Å². The molecule has 72 valence electrons. The summed E-state index contributed by atoms with van der Waals surface area (Å²) in [6.45, 7) is -0.0535. The maximum Gasteiger partial charge on any atom is 0.169 e. The Kier molecular flexibility index (Phi) is 2.90. The normalized spacial score (nSPS) is 10.4. The van der Waals surface area contributed by atoms with E-state index < -0.39 is 0 Å². The summed E-state index contributed by atoms with van der Waals surface area (Å²) in [6.07, 6.45) is 1.65. The summed E-state index contributed by atoms with van der Waals surface area (Å²) >= 11 is 4.95. The monoisotopic (exact) mass is 270 g/mol. The number of aliphatic hydroxyl groups is 1. The molecule has 0 unspecified atom stereocenters. The molecule has 14 heavy (non-hydrogen) atoms. The molecule has 0 fully saturated rings. The molecular formula is C9H7BrN2OS. The van der Waals surface area contributed by atoms with Gasteiger partial charge in [-0.3, -0.25) is 0 Å². The van der Waals surface area contributed by atoms with E-state index in [9.17, 15) is 0 Å². The Morgan fingerprint density at radius 3 is 2.86 bits per heavy atom. The third kappa shape index (κ3) is 2.00. The summed E-state index contributed by atoms with van der Waals surface area (Å²) in [7, 11) is 0. The average molecular weight is 271 g/mol. The summed E-state index contributed by atoms with van der Waals surface area (Å²) in [4.78, 5) is 9.33. The first kappa shape index (κ1) is 9.76. The molecule has 5 heteroatoms. The third-order valence-electron chi connectivity index (χ3n) is 1.67. The van der Waals surface area contributed by atoms with Crippen molar-refractivity contribution in [2.45, 2.75) is 6.61 Å². The van der Waals surface area contributed by atoms with Crippen LogP contribution in [0.3, 0.4) is 0 Å². The minimum absolute atomic E-state index is 0.0535. The fraction of sp³-hybridized carbons (Fsp3) is 0.111. The highest BCUT2D eigenvalue weighted by Gasteiger charge is 2.04. The van der Waals surface area contributed by atoms with Crippen LogP contribution in [0.5, 0.6) is 0 Å². The lowest BCUT2D eigenvalue weighted by molar-refractivity contribution is 0.277. The van der Waals surface area contributed by atoms with Gasteiger partial charge in [-0.05, 0) is 34.1 Å². The van der Waals surface area contributed by atoms with Gasteiger partial charge in [0.2, 0.25) is 0 Å². The van der Waals surface area contributed by atoms with Crippen LogP contribution in [0.25, 0.3) is 10.7 Å². The second kappa shape index (κ2) is 4.16. The molecule has 3 nitrogen and oxygen atoms in total. The van der Waals surface area contributed by atoms with Crippen molar-refractivity contribution in [3.63, 3.8) is 0 Å². The van der Waals surface area contributed by atoms with Crippen molar-refractivity contribution in [1.29, 1.82) is 0 Å². The molecule has 2 heterocycles. The SMILES string of the molecule is OCc1ccnc(-c2ccc(Br)s2)n1. The standard InChI is InChI=1S/C9H7BrN2OS/c10-8-2-1-7(14-8)9-11-4-3-6(5-13)12-9/h1-4,13H,5H2. The van der Waals surface area contributed by atoms with E-state index in [-0.39, 0.29) is 6.61 Å². The lowest BCUT2D eigenvalue weighted by Crippen LogP contribution is -1.92. The maximum absolute atomic E-state index is 8.92. The molecule has 0 aliphatic rings. The molecule has 0 atom stereocenters. The van der Waals surface area contributed by atoms with Crippen LogP contribution in [-0.4, -0.2) is 15.1 Å². The zero-order valence-electron chi connectivity index (χ0n) is 7.14. The molecule has 0 aromatic carbocycles. The number of nitrogens with zero attached hydrogens (tertiary/aromatic N) is 2. The summed E-state index contributed by atoms with van der Waals surface area (Å²) in [6, 6.07) is 5.60. The number of aromatic nitrogens is 2. The van der Waals surface area contributed by atoms with Gasteiger partial charge in [0.1, 0.15) is 0 Å². The number of halogens is 1. The molecular weight excluding hydrogens is 264 g/mol. The van der Waals surface area contributed by atoms with Gasteiger partial charge in [0.05, 0.1) is 21.0 Å². The maximum atomic E-state index is 8.92. The summed E-state index contributed by atoms with van der Waals surface area (Å²) in [5, 5.41) is 8.92. The molecule has 0 radical (unpaired) electrons. The minimum Gasteiger partial charge on any atom is -0.390 e. The lowest BCUT2D eigenvalue weighted by atomic mass is 10.4. The van der Waals surface area contributed by atoms with E-state index in [0.29, 0.717) is 11.5 Å². The Hall–Kier alpha value is -0.780. The molecule has 0 aliphatic carbocycles. The quantitative estimate of drug-likeness (QED) is 0.912. The van der Waals surface area contributed by atoms with Crippen molar-refractivity contribution < 1.29 is 5.11 Å². The number of rotatable bonds is 2. The van der Waals surface area contributed by atoms with Gasteiger partial charge in [0.25, 0.3) is 0 Å². The largest absolute Gasteiger partial charge is 0.390 e. The molecule has 2 rings (SSSR count). The van der Waals surface area contributed by atoms with Crippen LogP contribution in [0.15, 0.2) is 28.2 Å². The van der Waals surface area contributed by atoms with Gasteiger partial charge in [0, 0.05) is 6.20 Å². The number of aliphatic hydroxyl groups excluding tert-OH is 1. The van der Waals surface area contributed by atoms with Gasteiger partial charge in [-0.1, -0.05) is 0 Å². The Morgan fingerprint density at radius 1 is 1.36 bits per heavy atom. The number of hydrogen-bond donors (Lipinski definition) is 1. The number of thiophene rings is 1. The van der Waals surface area contributed by atoms with E-state index in [1.165, 1.54) is 0 Å². The zero-order valence-corrected chi connectivity index (χ0v) is 9.55. The van der Waals surface area contributed by atoms with Crippen molar-refractivity contribution in [1.82, 2.24) is 9.97 Å². The molecule has 1 N–H and O–H groups in total. The molecule has 0 aliphatic heterocycles. The highest BCUT2D eigenvalue weighted by Crippen LogP contribution is 2.28. The number of hydrogen-bond acceptors (Lipinski definition) is 4. The van der Waals surface area contributed by atoms with E-state index in [0.717, 1.165) is 8.66 Å². The topological polar surface area (TPSA) is 46.0 Å². The Bertz CT molecular complexity index is 444. The molecule has 0 amide bonds. The van der Waals surface area contributed by atoms with E-state index in [2.05, 4.69) is 25.9 Å². The van der Waals surface area contributed by atoms with Gasteiger partial charge < -0.3 is 5.11 Å². The van der Waals surface area contributed by atoms with Crippen molar-refractivity contribution >= 4 is 27.3 Å². The van der Waals surface area contributed by atoms with Gasteiger partial charge >= 0.3 is 0 Å². The highest BCUT2D eigenvalue weighted by atomic mass is 79.9. The average Bonchev–Trinajstić information content (AvgIpc) is 2.65.